The Kier molecular flexibility index (Phi) is 1.83. The molecule has 4 nitrogen and oxygen atoms in total. The van der Waals surface area contributed by atoms with Gasteiger partial charge in [-0.3, -0.25) is 5.10 Å². The summed E-state index contributed by atoms with van der Waals surface area (Å²) >= 11 is 0. The summed E-state index contributed by atoms with van der Waals surface area (Å²) < 4.78 is 0. The fraction of sp³-hybridized carbons (Fsp3) is 0.800. The lowest BCUT2D eigenvalue weighted by Gasteiger charge is -2.14. The van der Waals surface area contributed by atoms with Crippen molar-refractivity contribution < 1.29 is 0 Å². The molecule has 1 aliphatic heterocycles. The van der Waals surface area contributed by atoms with E-state index in [1.807, 2.05) is 6.92 Å². The van der Waals surface area contributed by atoms with Crippen LogP contribution in [0.5, 0.6) is 0 Å². The van der Waals surface area contributed by atoms with Crippen molar-refractivity contribution >= 4 is 0 Å². The number of aryl methyl sites for hydroxylation is 1. The number of rotatable bonds is 1. The van der Waals surface area contributed by atoms with Crippen molar-refractivity contribution in [2.24, 2.45) is 11.8 Å². The van der Waals surface area contributed by atoms with E-state index >= 15 is 0 Å². The van der Waals surface area contributed by atoms with Crippen molar-refractivity contribution in [3.63, 3.8) is 0 Å². The molecule has 2 heterocycles. The van der Waals surface area contributed by atoms with Gasteiger partial charge < -0.3 is 5.32 Å². The maximum absolute atomic E-state index is 4.42. The Morgan fingerprint density at radius 2 is 2.29 bits per heavy atom. The van der Waals surface area contributed by atoms with Crippen LogP contribution in [-0.4, -0.2) is 21.7 Å². The van der Waals surface area contributed by atoms with E-state index in [2.05, 4.69) is 20.5 Å². The molecule has 1 saturated heterocycles. The second-order valence-electron chi connectivity index (χ2n) is 4.52. The minimum absolute atomic E-state index is 0.410. The highest BCUT2D eigenvalue weighted by molar-refractivity contribution is 5.05. The molecule has 3 rings (SSSR count). The van der Waals surface area contributed by atoms with E-state index in [4.69, 9.17) is 0 Å². The normalized spacial score (nSPS) is 36.2. The van der Waals surface area contributed by atoms with E-state index in [0.29, 0.717) is 6.04 Å². The monoisotopic (exact) mass is 192 g/mol. The van der Waals surface area contributed by atoms with Gasteiger partial charge in [0.1, 0.15) is 5.82 Å². The predicted molar refractivity (Wildman–Crippen MR) is 52.7 cm³/mol. The first-order valence-electron chi connectivity index (χ1n) is 5.47. The molecule has 3 atom stereocenters. The summed E-state index contributed by atoms with van der Waals surface area (Å²) in [6.07, 6.45) is 4.12. The topological polar surface area (TPSA) is 53.6 Å². The van der Waals surface area contributed by atoms with Crippen LogP contribution in [0.3, 0.4) is 0 Å². The lowest BCUT2D eigenvalue weighted by atomic mass is 9.94. The van der Waals surface area contributed by atoms with Gasteiger partial charge in [-0.2, -0.15) is 5.10 Å². The van der Waals surface area contributed by atoms with Crippen LogP contribution in [-0.2, 0) is 0 Å². The third-order valence-corrected chi connectivity index (χ3v) is 3.64. The van der Waals surface area contributed by atoms with Crippen LogP contribution in [0.2, 0.25) is 0 Å². The lowest BCUT2D eigenvalue weighted by molar-refractivity contribution is 0.408. The molecule has 1 aliphatic carbocycles. The minimum Gasteiger partial charge on any atom is -0.307 e. The largest absolute Gasteiger partial charge is 0.307 e. The average Bonchev–Trinajstić information content (AvgIpc) is 2.77. The zero-order valence-corrected chi connectivity index (χ0v) is 8.45. The summed E-state index contributed by atoms with van der Waals surface area (Å²) in [6.45, 7) is 3.11. The van der Waals surface area contributed by atoms with Crippen LogP contribution < -0.4 is 5.32 Å². The fourth-order valence-corrected chi connectivity index (χ4v) is 2.97. The number of hydrogen-bond donors (Lipinski definition) is 2. The minimum atomic E-state index is 0.410. The van der Waals surface area contributed by atoms with Crippen molar-refractivity contribution in [3.05, 3.63) is 11.6 Å². The molecular formula is C10H16N4. The summed E-state index contributed by atoms with van der Waals surface area (Å²) in [5.41, 5.74) is 0. The third-order valence-electron chi connectivity index (χ3n) is 3.64. The van der Waals surface area contributed by atoms with Gasteiger partial charge in [-0.25, -0.2) is 4.98 Å². The van der Waals surface area contributed by atoms with Gasteiger partial charge in [0.15, 0.2) is 5.82 Å². The maximum atomic E-state index is 4.42. The number of nitrogens with one attached hydrogen (secondary N) is 2. The molecule has 1 saturated carbocycles. The summed E-state index contributed by atoms with van der Waals surface area (Å²) in [5, 5.41) is 10.7. The number of aromatic amines is 1. The van der Waals surface area contributed by atoms with Crippen LogP contribution >= 0.6 is 0 Å². The van der Waals surface area contributed by atoms with Gasteiger partial charge in [0.05, 0.1) is 6.04 Å². The van der Waals surface area contributed by atoms with E-state index in [9.17, 15) is 0 Å². The van der Waals surface area contributed by atoms with E-state index in [1.165, 1.54) is 19.3 Å². The Labute approximate surface area is 83.5 Å². The highest BCUT2D eigenvalue weighted by atomic mass is 15.2. The molecule has 2 fully saturated rings. The van der Waals surface area contributed by atoms with E-state index in [1.54, 1.807) is 0 Å². The van der Waals surface area contributed by atoms with Gasteiger partial charge in [-0.15, -0.1) is 0 Å². The van der Waals surface area contributed by atoms with Crippen LogP contribution in [0.15, 0.2) is 0 Å². The molecule has 76 valence electrons. The van der Waals surface area contributed by atoms with Crippen molar-refractivity contribution in [1.29, 1.82) is 0 Å². The second kappa shape index (κ2) is 3.05. The molecule has 0 aromatic carbocycles. The van der Waals surface area contributed by atoms with Crippen LogP contribution in [0.25, 0.3) is 0 Å². The van der Waals surface area contributed by atoms with Gasteiger partial charge >= 0.3 is 0 Å². The van der Waals surface area contributed by atoms with Crippen molar-refractivity contribution in [1.82, 2.24) is 20.5 Å². The number of nitrogens with zero attached hydrogens (tertiary/aromatic N) is 2. The molecule has 0 bridgehead atoms. The van der Waals surface area contributed by atoms with Gasteiger partial charge in [0, 0.05) is 0 Å². The van der Waals surface area contributed by atoms with Gasteiger partial charge in [0.2, 0.25) is 0 Å². The molecule has 1 aromatic heterocycles. The van der Waals surface area contributed by atoms with Gasteiger partial charge in [0.25, 0.3) is 0 Å². The molecule has 2 N–H and O–H groups in total. The molecule has 1 aromatic rings. The number of H-pyrrole nitrogens is 1. The summed E-state index contributed by atoms with van der Waals surface area (Å²) in [6, 6.07) is 0.410. The Morgan fingerprint density at radius 3 is 3.07 bits per heavy atom. The first kappa shape index (κ1) is 8.41. The van der Waals surface area contributed by atoms with Gasteiger partial charge in [-0.1, -0.05) is 6.42 Å². The average molecular weight is 192 g/mol. The Hall–Kier alpha value is -0.900. The molecule has 0 amide bonds. The van der Waals surface area contributed by atoms with Crippen LogP contribution in [0.4, 0.5) is 0 Å². The van der Waals surface area contributed by atoms with Crippen LogP contribution in [0, 0.1) is 18.8 Å². The zero-order chi connectivity index (χ0) is 9.54. The highest BCUT2D eigenvalue weighted by Gasteiger charge is 2.41. The zero-order valence-electron chi connectivity index (χ0n) is 8.45. The number of fused-ring (bicyclic) bond motifs is 1. The second-order valence-corrected chi connectivity index (χ2v) is 4.52. The number of aromatic nitrogens is 3. The molecule has 0 spiro atoms. The van der Waals surface area contributed by atoms with E-state index in [0.717, 1.165) is 30.0 Å². The van der Waals surface area contributed by atoms with Crippen molar-refractivity contribution in [2.45, 2.75) is 32.2 Å². The fourth-order valence-electron chi connectivity index (χ4n) is 2.97. The van der Waals surface area contributed by atoms with Crippen molar-refractivity contribution in [2.75, 3.05) is 6.54 Å². The number of hydrogen-bond acceptors (Lipinski definition) is 3. The third kappa shape index (κ3) is 1.17. The van der Waals surface area contributed by atoms with E-state index < -0.39 is 0 Å². The first-order chi connectivity index (χ1) is 6.84. The Bertz CT molecular complexity index is 333. The molecular weight excluding hydrogens is 176 g/mol. The molecule has 2 aliphatic rings. The predicted octanol–water partition coefficient (Wildman–Crippen LogP) is 1.17. The summed E-state index contributed by atoms with van der Waals surface area (Å²) in [4.78, 5) is 4.42. The highest BCUT2D eigenvalue weighted by Crippen LogP contribution is 2.43. The maximum Gasteiger partial charge on any atom is 0.167 e. The Morgan fingerprint density at radius 1 is 1.36 bits per heavy atom. The van der Waals surface area contributed by atoms with E-state index in [-0.39, 0.29) is 0 Å². The Balaban J connectivity index is 1.85. The van der Waals surface area contributed by atoms with Crippen molar-refractivity contribution in [3.8, 4) is 0 Å². The quantitative estimate of drug-likeness (QED) is 0.702. The molecule has 0 radical (unpaired) electrons. The lowest BCUT2D eigenvalue weighted by Crippen LogP contribution is -2.19. The molecule has 14 heavy (non-hydrogen) atoms. The first-order valence-corrected chi connectivity index (χ1v) is 5.47. The standard InChI is InChI=1S/C10H16N4/c1-6-12-10(14-13-6)9-8-4-2-3-7(8)5-11-9/h7-9,11H,2-5H2,1H3,(H,12,13,14). The molecule has 4 heteroatoms. The van der Waals surface area contributed by atoms with Crippen LogP contribution in [0.1, 0.15) is 37.0 Å². The SMILES string of the molecule is Cc1nc(C2NCC3CCCC32)n[nH]1. The summed E-state index contributed by atoms with van der Waals surface area (Å²) in [5.74, 6) is 3.55. The van der Waals surface area contributed by atoms with Gasteiger partial charge in [-0.05, 0) is 38.1 Å². The summed E-state index contributed by atoms with van der Waals surface area (Å²) in [7, 11) is 0. The smallest absolute Gasteiger partial charge is 0.167 e. The molecule has 3 unspecified atom stereocenters.